The maximum atomic E-state index is 12.4. The van der Waals surface area contributed by atoms with E-state index in [2.05, 4.69) is 26.2 Å². The van der Waals surface area contributed by atoms with Crippen molar-refractivity contribution < 1.29 is 14.3 Å². The minimum Gasteiger partial charge on any atom is -0.497 e. The zero-order valence-electron chi connectivity index (χ0n) is 14.3. The van der Waals surface area contributed by atoms with Crippen LogP contribution < -0.4 is 14.8 Å². The lowest BCUT2D eigenvalue weighted by molar-refractivity contribution is 0.102. The molecule has 0 aliphatic heterocycles. The Morgan fingerprint density at radius 1 is 1.23 bits per heavy atom. The Kier molecular flexibility index (Phi) is 5.90. The Labute approximate surface area is 164 Å². The normalized spacial score (nSPS) is 10.4. The quantitative estimate of drug-likeness (QED) is 0.578. The van der Waals surface area contributed by atoms with Crippen LogP contribution in [0.5, 0.6) is 11.5 Å². The molecule has 7 heteroatoms. The lowest BCUT2D eigenvalue weighted by atomic mass is 10.2. The highest BCUT2D eigenvalue weighted by atomic mass is 79.9. The number of ether oxygens (including phenoxy) is 2. The van der Waals surface area contributed by atoms with Gasteiger partial charge >= 0.3 is 0 Å². The van der Waals surface area contributed by atoms with Gasteiger partial charge in [0, 0.05) is 16.5 Å². The molecular formula is C19H17BrN2O3S. The van der Waals surface area contributed by atoms with Gasteiger partial charge in [0.2, 0.25) is 0 Å². The van der Waals surface area contributed by atoms with E-state index < -0.39 is 0 Å². The molecule has 2 aromatic carbocycles. The molecule has 1 aromatic heterocycles. The summed E-state index contributed by atoms with van der Waals surface area (Å²) < 4.78 is 11.4. The van der Waals surface area contributed by atoms with E-state index in [4.69, 9.17) is 9.47 Å². The first kappa shape index (κ1) is 18.4. The number of carbonyl (C=O) groups is 1. The second kappa shape index (κ2) is 8.33. The molecule has 5 nitrogen and oxygen atoms in total. The summed E-state index contributed by atoms with van der Waals surface area (Å²) in [5.41, 5.74) is 2.30. The monoisotopic (exact) mass is 432 g/mol. The number of thiazole rings is 1. The van der Waals surface area contributed by atoms with Crippen molar-refractivity contribution in [3.63, 3.8) is 0 Å². The Morgan fingerprint density at radius 2 is 2.00 bits per heavy atom. The van der Waals surface area contributed by atoms with Crippen LogP contribution in [0.4, 0.5) is 5.13 Å². The maximum absolute atomic E-state index is 12.4. The number of aromatic nitrogens is 1. The number of carbonyl (C=O) groups excluding carboxylic acids is 1. The lowest BCUT2D eigenvalue weighted by Gasteiger charge is -2.07. The van der Waals surface area contributed by atoms with Crippen molar-refractivity contribution in [2.75, 3.05) is 19.0 Å². The number of nitrogens with zero attached hydrogens (tertiary/aromatic N) is 1. The van der Waals surface area contributed by atoms with Gasteiger partial charge in [-0.05, 0) is 65.3 Å². The number of anilines is 1. The van der Waals surface area contributed by atoms with Crippen molar-refractivity contribution >= 4 is 38.3 Å². The van der Waals surface area contributed by atoms with Crippen molar-refractivity contribution in [2.24, 2.45) is 0 Å². The Bertz CT molecular complexity index is 909. The second-order valence-corrected chi connectivity index (χ2v) is 7.01. The molecule has 0 bridgehead atoms. The molecule has 0 fully saturated rings. The summed E-state index contributed by atoms with van der Waals surface area (Å²) >= 11 is 4.80. The third kappa shape index (κ3) is 4.23. The summed E-state index contributed by atoms with van der Waals surface area (Å²) in [6, 6.07) is 12.9. The Balaban J connectivity index is 1.72. The van der Waals surface area contributed by atoms with Crippen molar-refractivity contribution in [1.82, 2.24) is 4.98 Å². The Hall–Kier alpha value is -2.38. The molecule has 3 aromatic rings. The van der Waals surface area contributed by atoms with Crippen LogP contribution in [-0.2, 0) is 0 Å². The van der Waals surface area contributed by atoms with Gasteiger partial charge < -0.3 is 9.47 Å². The molecule has 0 spiro atoms. The van der Waals surface area contributed by atoms with E-state index in [-0.39, 0.29) is 5.91 Å². The molecule has 1 heterocycles. The average Bonchev–Trinajstić information content (AvgIpc) is 3.12. The van der Waals surface area contributed by atoms with E-state index in [0.29, 0.717) is 23.1 Å². The second-order valence-electron chi connectivity index (χ2n) is 5.30. The molecule has 0 atom stereocenters. The molecule has 0 saturated carbocycles. The zero-order chi connectivity index (χ0) is 18.5. The lowest BCUT2D eigenvalue weighted by Crippen LogP contribution is -2.11. The largest absolute Gasteiger partial charge is 0.497 e. The van der Waals surface area contributed by atoms with Crippen LogP contribution in [-0.4, -0.2) is 24.6 Å². The number of nitrogens with one attached hydrogen (secondary N) is 1. The van der Waals surface area contributed by atoms with E-state index >= 15 is 0 Å². The van der Waals surface area contributed by atoms with Gasteiger partial charge in [0.25, 0.3) is 5.91 Å². The number of benzene rings is 2. The van der Waals surface area contributed by atoms with Gasteiger partial charge in [-0.1, -0.05) is 0 Å². The molecular weight excluding hydrogens is 416 g/mol. The number of hydrogen-bond acceptors (Lipinski definition) is 5. The fourth-order valence-corrected chi connectivity index (χ4v) is 3.52. The first-order chi connectivity index (χ1) is 12.6. The van der Waals surface area contributed by atoms with Crippen LogP contribution in [0.25, 0.3) is 11.3 Å². The molecule has 0 radical (unpaired) electrons. The molecule has 0 aliphatic rings. The smallest absolute Gasteiger partial charge is 0.257 e. The van der Waals surface area contributed by atoms with Gasteiger partial charge in [0.1, 0.15) is 11.5 Å². The highest BCUT2D eigenvalue weighted by molar-refractivity contribution is 9.10. The summed E-state index contributed by atoms with van der Waals surface area (Å²) in [5.74, 6) is 1.28. The average molecular weight is 433 g/mol. The standard InChI is InChI=1S/C19H17BrN2O3S/c1-3-25-17-9-6-13(10-15(17)20)18(23)22-19-21-16(11-26-19)12-4-7-14(24-2)8-5-12/h4-11H,3H2,1-2H3,(H,21,22,23). The predicted octanol–water partition coefficient (Wildman–Crippen LogP) is 5.23. The number of hydrogen-bond donors (Lipinski definition) is 1. The molecule has 134 valence electrons. The van der Waals surface area contributed by atoms with Gasteiger partial charge in [0.15, 0.2) is 5.13 Å². The molecule has 0 saturated heterocycles. The first-order valence-electron chi connectivity index (χ1n) is 7.94. The summed E-state index contributed by atoms with van der Waals surface area (Å²) in [7, 11) is 1.63. The minimum atomic E-state index is -0.218. The van der Waals surface area contributed by atoms with Crippen LogP contribution in [0.15, 0.2) is 52.3 Å². The fourth-order valence-electron chi connectivity index (χ4n) is 2.31. The maximum Gasteiger partial charge on any atom is 0.257 e. The number of halogens is 1. The van der Waals surface area contributed by atoms with Crippen LogP contribution in [0.3, 0.4) is 0 Å². The summed E-state index contributed by atoms with van der Waals surface area (Å²) in [5, 5.41) is 5.29. The summed E-state index contributed by atoms with van der Waals surface area (Å²) in [6.07, 6.45) is 0. The minimum absolute atomic E-state index is 0.218. The summed E-state index contributed by atoms with van der Waals surface area (Å²) in [4.78, 5) is 16.9. The first-order valence-corrected chi connectivity index (χ1v) is 9.61. The molecule has 0 aliphatic carbocycles. The van der Waals surface area contributed by atoms with E-state index in [9.17, 15) is 4.79 Å². The van der Waals surface area contributed by atoms with Crippen LogP contribution >= 0.6 is 27.3 Å². The van der Waals surface area contributed by atoms with E-state index in [1.165, 1.54) is 11.3 Å². The van der Waals surface area contributed by atoms with E-state index in [1.54, 1.807) is 25.3 Å². The topological polar surface area (TPSA) is 60.5 Å². The summed E-state index contributed by atoms with van der Waals surface area (Å²) in [6.45, 7) is 2.48. The van der Waals surface area contributed by atoms with Gasteiger partial charge in [-0.15, -0.1) is 11.3 Å². The van der Waals surface area contributed by atoms with Gasteiger partial charge in [0.05, 0.1) is 23.9 Å². The van der Waals surface area contributed by atoms with Crippen molar-refractivity contribution in [3.05, 3.63) is 57.9 Å². The van der Waals surface area contributed by atoms with Gasteiger partial charge in [-0.25, -0.2) is 4.98 Å². The molecule has 26 heavy (non-hydrogen) atoms. The third-order valence-corrected chi connectivity index (χ3v) is 4.98. The number of amides is 1. The van der Waals surface area contributed by atoms with Crippen molar-refractivity contribution in [2.45, 2.75) is 6.92 Å². The van der Waals surface area contributed by atoms with Gasteiger partial charge in [-0.2, -0.15) is 0 Å². The number of methoxy groups -OCH3 is 1. The molecule has 1 N–H and O–H groups in total. The highest BCUT2D eigenvalue weighted by Gasteiger charge is 2.12. The van der Waals surface area contributed by atoms with Crippen LogP contribution in [0.2, 0.25) is 0 Å². The fraction of sp³-hybridized carbons (Fsp3) is 0.158. The molecule has 3 rings (SSSR count). The van der Waals surface area contributed by atoms with E-state index in [0.717, 1.165) is 21.5 Å². The SMILES string of the molecule is CCOc1ccc(C(=O)Nc2nc(-c3ccc(OC)cc3)cs2)cc1Br. The predicted molar refractivity (Wildman–Crippen MR) is 107 cm³/mol. The highest BCUT2D eigenvalue weighted by Crippen LogP contribution is 2.28. The van der Waals surface area contributed by atoms with Crippen molar-refractivity contribution in [3.8, 4) is 22.8 Å². The van der Waals surface area contributed by atoms with E-state index in [1.807, 2.05) is 36.6 Å². The van der Waals surface area contributed by atoms with Gasteiger partial charge in [-0.3, -0.25) is 10.1 Å². The van der Waals surface area contributed by atoms with Crippen LogP contribution in [0, 0.1) is 0 Å². The zero-order valence-corrected chi connectivity index (χ0v) is 16.7. The molecule has 0 unspecified atom stereocenters. The third-order valence-electron chi connectivity index (χ3n) is 3.60. The van der Waals surface area contributed by atoms with Crippen molar-refractivity contribution in [1.29, 1.82) is 0 Å². The van der Waals surface area contributed by atoms with Crippen LogP contribution in [0.1, 0.15) is 17.3 Å². The number of rotatable bonds is 6. The Morgan fingerprint density at radius 3 is 2.65 bits per heavy atom. The molecule has 1 amide bonds.